The molecule has 7 heteroatoms. The van der Waals surface area contributed by atoms with Gasteiger partial charge in [-0.1, -0.05) is 32.9 Å². The average Bonchev–Trinajstić information content (AvgIpc) is 2.87. The van der Waals surface area contributed by atoms with E-state index in [-0.39, 0.29) is 29.2 Å². The summed E-state index contributed by atoms with van der Waals surface area (Å²) in [5.41, 5.74) is 3.15. The van der Waals surface area contributed by atoms with E-state index < -0.39 is 17.5 Å². The predicted octanol–water partition coefficient (Wildman–Crippen LogP) is 3.64. The minimum absolute atomic E-state index is 0.0190. The van der Waals surface area contributed by atoms with E-state index in [4.69, 9.17) is 0 Å². The van der Waals surface area contributed by atoms with E-state index in [1.54, 1.807) is 24.3 Å². The Bertz CT molecular complexity index is 1530. The molecule has 33 heavy (non-hydrogen) atoms. The van der Waals surface area contributed by atoms with Gasteiger partial charge in [0.25, 0.3) is 5.56 Å². The second-order valence-electron chi connectivity index (χ2n) is 9.61. The zero-order valence-electron chi connectivity index (χ0n) is 18.6. The quantitative estimate of drug-likeness (QED) is 0.468. The van der Waals surface area contributed by atoms with E-state index in [1.807, 2.05) is 26.8 Å². The summed E-state index contributed by atoms with van der Waals surface area (Å²) in [5, 5.41) is 15.5. The topological polar surface area (TPSA) is 88.0 Å². The number of rotatable bonds is 1. The van der Waals surface area contributed by atoms with E-state index in [2.05, 4.69) is 10.1 Å². The van der Waals surface area contributed by atoms with Crippen LogP contribution in [0.25, 0.3) is 27.6 Å². The van der Waals surface area contributed by atoms with Crippen LogP contribution in [0.3, 0.4) is 0 Å². The maximum absolute atomic E-state index is 15.1. The van der Waals surface area contributed by atoms with Crippen molar-refractivity contribution < 1.29 is 9.50 Å². The molecule has 5 rings (SSSR count). The molecule has 2 aromatic carbocycles. The molecule has 4 aromatic rings. The number of fused-ring (bicyclic) bond motifs is 4. The van der Waals surface area contributed by atoms with Crippen molar-refractivity contribution in [2.45, 2.75) is 45.1 Å². The first-order valence-electron chi connectivity index (χ1n) is 10.9. The number of benzene rings is 2. The van der Waals surface area contributed by atoms with Gasteiger partial charge in [-0.2, -0.15) is 9.78 Å². The van der Waals surface area contributed by atoms with Gasteiger partial charge < -0.3 is 10.1 Å². The first kappa shape index (κ1) is 21.3. The number of nitrogens with one attached hydrogen (secondary N) is 1. The lowest BCUT2D eigenvalue weighted by atomic mass is 9.86. The van der Waals surface area contributed by atoms with Crippen LogP contribution in [0.2, 0.25) is 0 Å². The fourth-order valence-corrected chi connectivity index (χ4v) is 4.55. The fourth-order valence-electron chi connectivity index (χ4n) is 4.55. The van der Waals surface area contributed by atoms with E-state index >= 15 is 4.39 Å². The minimum atomic E-state index is -0.758. The zero-order valence-corrected chi connectivity index (χ0v) is 18.6. The summed E-state index contributed by atoms with van der Waals surface area (Å²) in [6.45, 7) is 5.95. The monoisotopic (exact) mass is 445 g/mol. The van der Waals surface area contributed by atoms with Crippen LogP contribution in [0.1, 0.15) is 37.6 Å². The molecule has 0 saturated carbocycles. The number of aromatic nitrogens is 3. The Kier molecular flexibility index (Phi) is 4.83. The Labute approximate surface area is 189 Å². The molecule has 2 N–H and O–H groups in total. The number of aromatic amines is 1. The molecule has 0 fully saturated rings. The lowest BCUT2D eigenvalue weighted by Gasteiger charge is -2.20. The number of hydrogen-bond acceptors (Lipinski definition) is 4. The van der Waals surface area contributed by atoms with Crippen molar-refractivity contribution in [3.8, 4) is 16.8 Å². The van der Waals surface area contributed by atoms with E-state index in [0.29, 0.717) is 16.8 Å². The Morgan fingerprint density at radius 3 is 2.64 bits per heavy atom. The third kappa shape index (κ3) is 3.58. The Morgan fingerprint density at radius 2 is 1.88 bits per heavy atom. The number of aliphatic hydroxyl groups excluding tert-OH is 1. The Balaban J connectivity index is 1.76. The summed E-state index contributed by atoms with van der Waals surface area (Å²) in [6, 6.07) is 11.8. The van der Waals surface area contributed by atoms with Gasteiger partial charge in [-0.3, -0.25) is 9.59 Å². The van der Waals surface area contributed by atoms with Gasteiger partial charge >= 0.3 is 0 Å². The predicted molar refractivity (Wildman–Crippen MR) is 125 cm³/mol. The smallest absolute Gasteiger partial charge is 0.282 e. The summed E-state index contributed by atoms with van der Waals surface area (Å²) in [7, 11) is 0. The van der Waals surface area contributed by atoms with Gasteiger partial charge in [-0.15, -0.1) is 0 Å². The number of hydrogen-bond donors (Lipinski definition) is 2. The molecule has 0 spiro atoms. The highest BCUT2D eigenvalue weighted by Gasteiger charge is 2.25. The number of nitrogens with zero attached hydrogens (tertiary/aromatic N) is 2. The third-order valence-corrected chi connectivity index (χ3v) is 6.26. The molecular weight excluding hydrogens is 421 g/mol. The van der Waals surface area contributed by atoms with Gasteiger partial charge in [-0.25, -0.2) is 4.39 Å². The first-order chi connectivity index (χ1) is 15.6. The number of aliphatic hydroxyl groups is 1. The second-order valence-corrected chi connectivity index (χ2v) is 9.61. The van der Waals surface area contributed by atoms with Crippen molar-refractivity contribution in [2.75, 3.05) is 0 Å². The minimum Gasteiger partial charge on any atom is -0.392 e. The third-order valence-electron chi connectivity index (χ3n) is 6.26. The van der Waals surface area contributed by atoms with E-state index in [1.165, 1.54) is 23.0 Å². The van der Waals surface area contributed by atoms with Crippen LogP contribution in [-0.2, 0) is 18.3 Å². The largest absolute Gasteiger partial charge is 0.392 e. The maximum atomic E-state index is 15.1. The van der Waals surface area contributed by atoms with Gasteiger partial charge in [0, 0.05) is 35.6 Å². The summed E-state index contributed by atoms with van der Waals surface area (Å²) in [4.78, 5) is 28.0. The Hall–Kier alpha value is -3.58. The molecule has 0 aliphatic heterocycles. The highest BCUT2D eigenvalue weighted by atomic mass is 19.1. The molecule has 0 amide bonds. The van der Waals surface area contributed by atoms with Crippen molar-refractivity contribution in [1.82, 2.24) is 14.8 Å². The highest BCUT2D eigenvalue weighted by Crippen LogP contribution is 2.34. The van der Waals surface area contributed by atoms with Crippen LogP contribution in [0.4, 0.5) is 4.39 Å². The van der Waals surface area contributed by atoms with Gasteiger partial charge in [0.15, 0.2) is 0 Å². The fraction of sp³-hybridized carbons (Fsp3) is 0.269. The van der Waals surface area contributed by atoms with Gasteiger partial charge in [-0.05, 0) is 46.4 Å². The van der Waals surface area contributed by atoms with Crippen molar-refractivity contribution in [1.29, 1.82) is 0 Å². The summed E-state index contributed by atoms with van der Waals surface area (Å²) >= 11 is 0. The van der Waals surface area contributed by atoms with Crippen molar-refractivity contribution in [3.05, 3.63) is 92.0 Å². The van der Waals surface area contributed by atoms with Crippen molar-refractivity contribution in [2.24, 2.45) is 0 Å². The van der Waals surface area contributed by atoms with E-state index in [9.17, 15) is 14.7 Å². The van der Waals surface area contributed by atoms with Gasteiger partial charge in [0.2, 0.25) is 5.56 Å². The molecule has 168 valence electrons. The highest BCUT2D eigenvalue weighted by molar-refractivity contribution is 5.83. The lowest BCUT2D eigenvalue weighted by molar-refractivity contribution is 0.175. The van der Waals surface area contributed by atoms with Gasteiger partial charge in [0.05, 0.1) is 23.4 Å². The van der Waals surface area contributed by atoms with Crippen molar-refractivity contribution >= 4 is 10.8 Å². The maximum Gasteiger partial charge on any atom is 0.282 e. The van der Waals surface area contributed by atoms with Crippen LogP contribution < -0.4 is 11.1 Å². The summed E-state index contributed by atoms with van der Waals surface area (Å²) in [6.07, 6.45) is 1.29. The molecule has 1 atom stereocenters. The summed E-state index contributed by atoms with van der Waals surface area (Å²) < 4.78 is 16.3. The number of pyridine rings is 1. The SMILES string of the molecule is CC(C)(C)c1cc(F)c2c(=O)n(-c3cccc4c3CC(O)Cc3[nH]c(=O)ccc3-4)ncc2c1. The number of H-pyrrole nitrogens is 1. The lowest BCUT2D eigenvalue weighted by Crippen LogP contribution is -2.24. The molecule has 2 aromatic heterocycles. The van der Waals surface area contributed by atoms with Crippen LogP contribution in [0.5, 0.6) is 0 Å². The van der Waals surface area contributed by atoms with Crippen LogP contribution in [0.15, 0.2) is 58.3 Å². The van der Waals surface area contributed by atoms with Crippen LogP contribution in [0, 0.1) is 5.82 Å². The molecule has 2 heterocycles. The second kappa shape index (κ2) is 7.49. The molecule has 0 saturated heterocycles. The normalized spacial score (nSPS) is 15.7. The molecule has 1 aliphatic rings. The Morgan fingerprint density at radius 1 is 1.09 bits per heavy atom. The molecule has 6 nitrogen and oxygen atoms in total. The van der Waals surface area contributed by atoms with E-state index in [0.717, 1.165) is 22.3 Å². The molecule has 1 unspecified atom stereocenters. The van der Waals surface area contributed by atoms with Crippen LogP contribution >= 0.6 is 0 Å². The molecule has 0 bridgehead atoms. The van der Waals surface area contributed by atoms with Crippen molar-refractivity contribution in [3.63, 3.8) is 0 Å². The molecular formula is C26H24FN3O3. The molecule has 1 aliphatic carbocycles. The standard InChI is InChI=1S/C26H24FN3O3/c1-26(2,3)15-9-14-13-28-30(25(33)24(14)20(27)10-15)22-6-4-5-17-18-7-8-23(32)29-21(18)12-16(31)11-19(17)22/h4-10,13,16,31H,11-12H2,1-3H3,(H,29,32). The zero-order chi connectivity index (χ0) is 23.5. The summed E-state index contributed by atoms with van der Waals surface area (Å²) in [5.74, 6) is -0.580. The molecule has 0 radical (unpaired) electrons. The van der Waals surface area contributed by atoms with Crippen LogP contribution in [-0.4, -0.2) is 26.0 Å². The van der Waals surface area contributed by atoms with Gasteiger partial charge in [0.1, 0.15) is 5.82 Å². The first-order valence-corrected chi connectivity index (χ1v) is 10.9. The average molecular weight is 445 g/mol. The number of halogens is 1.